The summed E-state index contributed by atoms with van der Waals surface area (Å²) in [7, 11) is 0. The Labute approximate surface area is 408 Å². The number of rotatable bonds is 8. The van der Waals surface area contributed by atoms with Gasteiger partial charge >= 0.3 is 0 Å². The highest BCUT2D eigenvalue weighted by molar-refractivity contribution is 6.07. The summed E-state index contributed by atoms with van der Waals surface area (Å²) in [5.74, 6) is 0. The van der Waals surface area contributed by atoms with Crippen LogP contribution in [0.4, 0.5) is 17.1 Å². The van der Waals surface area contributed by atoms with Crippen LogP contribution < -0.4 is 4.90 Å². The Kier molecular flexibility index (Phi) is 9.06. The van der Waals surface area contributed by atoms with Gasteiger partial charge in [0, 0.05) is 27.7 Å². The zero-order chi connectivity index (χ0) is 46.2. The van der Waals surface area contributed by atoms with E-state index in [1.54, 1.807) is 0 Å². The molecular formula is C68H45NO. The standard InChI is InChI=1S/C68H45NO/c1-6-22-46(23-7-1)57-44-58-54-33-17-20-36-61(54)68(49-28-12-4-13-29-49,50-30-14-5-15-31-50)63(58)45-64(57)69(51-39-41-66-59(42-51)56-34-18-21-37-65(56)70-66)52-38-40-55-53-32-16-19-35-60(53)67(62(55)43-52,47-24-8-2-9-25-47)48-26-10-3-11-27-48/h1-45H. The molecule has 0 spiro atoms. The molecule has 0 fully saturated rings. The number of hydrogen-bond donors (Lipinski definition) is 0. The van der Waals surface area contributed by atoms with Gasteiger partial charge in [-0.25, -0.2) is 0 Å². The molecule has 2 aliphatic rings. The first-order valence-electron chi connectivity index (χ1n) is 24.2. The smallest absolute Gasteiger partial charge is 0.135 e. The third kappa shape index (κ3) is 5.74. The SMILES string of the molecule is c1ccc(-c2cc3c(cc2N(c2ccc4c(c2)C(c2ccccc2)(c2ccccc2)c2ccccc2-4)c2ccc4oc5ccccc5c4c2)C(c2ccccc2)(c2ccccc2)c2ccccc2-3)cc1. The summed E-state index contributed by atoms with van der Waals surface area (Å²) in [4.78, 5) is 2.53. The molecule has 11 aromatic carbocycles. The molecule has 0 saturated heterocycles. The molecule has 12 aromatic rings. The van der Waals surface area contributed by atoms with Gasteiger partial charge in [0.2, 0.25) is 0 Å². The van der Waals surface area contributed by atoms with Gasteiger partial charge in [0.1, 0.15) is 11.2 Å². The number of fused-ring (bicyclic) bond motifs is 9. The number of hydrogen-bond acceptors (Lipinski definition) is 2. The number of benzene rings is 11. The van der Waals surface area contributed by atoms with Crippen LogP contribution in [0, 0.1) is 0 Å². The van der Waals surface area contributed by atoms with Gasteiger partial charge in [-0.3, -0.25) is 0 Å². The van der Waals surface area contributed by atoms with Crippen LogP contribution >= 0.6 is 0 Å². The topological polar surface area (TPSA) is 16.4 Å². The molecule has 0 N–H and O–H groups in total. The van der Waals surface area contributed by atoms with Gasteiger partial charge in [0.05, 0.1) is 16.5 Å². The molecule has 328 valence electrons. The molecule has 70 heavy (non-hydrogen) atoms. The lowest BCUT2D eigenvalue weighted by atomic mass is 9.67. The van der Waals surface area contributed by atoms with Crippen molar-refractivity contribution in [1.82, 2.24) is 0 Å². The van der Waals surface area contributed by atoms with Crippen molar-refractivity contribution in [3.05, 3.63) is 317 Å². The lowest BCUT2D eigenvalue weighted by Gasteiger charge is -2.36. The van der Waals surface area contributed by atoms with Gasteiger partial charge in [0.25, 0.3) is 0 Å². The fourth-order valence-corrected chi connectivity index (χ4v) is 12.4. The van der Waals surface area contributed by atoms with Crippen molar-refractivity contribution >= 4 is 39.0 Å². The first kappa shape index (κ1) is 40.1. The van der Waals surface area contributed by atoms with E-state index < -0.39 is 10.8 Å². The van der Waals surface area contributed by atoms with Gasteiger partial charge in [0.15, 0.2) is 0 Å². The second-order valence-corrected chi connectivity index (χ2v) is 18.7. The van der Waals surface area contributed by atoms with Gasteiger partial charge in [-0.05, 0) is 121 Å². The molecule has 0 amide bonds. The lowest BCUT2D eigenvalue weighted by molar-refractivity contribution is 0.669. The van der Waals surface area contributed by atoms with Crippen molar-refractivity contribution in [1.29, 1.82) is 0 Å². The zero-order valence-electron chi connectivity index (χ0n) is 38.3. The second kappa shape index (κ2) is 15.8. The van der Waals surface area contributed by atoms with E-state index in [-0.39, 0.29) is 0 Å². The fraction of sp³-hybridized carbons (Fsp3) is 0.0294. The third-order valence-corrected chi connectivity index (χ3v) is 15.2. The molecule has 0 aliphatic heterocycles. The summed E-state index contributed by atoms with van der Waals surface area (Å²) in [5, 5.41) is 2.17. The minimum Gasteiger partial charge on any atom is -0.456 e. The number of para-hydroxylation sites is 1. The van der Waals surface area contributed by atoms with Crippen LogP contribution in [0.1, 0.15) is 44.5 Å². The van der Waals surface area contributed by atoms with Gasteiger partial charge < -0.3 is 9.32 Å². The predicted octanol–water partition coefficient (Wildman–Crippen LogP) is 17.4. The maximum atomic E-state index is 6.52. The van der Waals surface area contributed by atoms with Crippen molar-refractivity contribution < 1.29 is 4.42 Å². The quantitative estimate of drug-likeness (QED) is 0.151. The molecule has 2 nitrogen and oxygen atoms in total. The minimum absolute atomic E-state index is 0.585. The Bertz CT molecular complexity index is 3850. The molecule has 0 bridgehead atoms. The highest BCUT2D eigenvalue weighted by Crippen LogP contribution is 2.61. The summed E-state index contributed by atoms with van der Waals surface area (Å²) >= 11 is 0. The van der Waals surface area contributed by atoms with Crippen molar-refractivity contribution in [2.75, 3.05) is 4.90 Å². The molecule has 1 aromatic heterocycles. The van der Waals surface area contributed by atoms with E-state index >= 15 is 0 Å². The maximum absolute atomic E-state index is 6.52. The van der Waals surface area contributed by atoms with Crippen LogP contribution in [0.5, 0.6) is 0 Å². The Morgan fingerprint density at radius 2 is 0.700 bits per heavy atom. The van der Waals surface area contributed by atoms with Crippen LogP contribution in [-0.4, -0.2) is 0 Å². The molecule has 2 aliphatic carbocycles. The van der Waals surface area contributed by atoms with Gasteiger partial charge in [-0.2, -0.15) is 0 Å². The van der Waals surface area contributed by atoms with Gasteiger partial charge in [-0.1, -0.05) is 224 Å². The van der Waals surface area contributed by atoms with E-state index in [0.717, 1.165) is 50.1 Å². The van der Waals surface area contributed by atoms with E-state index in [9.17, 15) is 0 Å². The van der Waals surface area contributed by atoms with Crippen LogP contribution in [0.3, 0.4) is 0 Å². The lowest BCUT2D eigenvalue weighted by Crippen LogP contribution is -2.29. The summed E-state index contributed by atoms with van der Waals surface area (Å²) < 4.78 is 6.52. The summed E-state index contributed by atoms with van der Waals surface area (Å²) in [6, 6.07) is 101. The average molecular weight is 892 g/mol. The van der Waals surface area contributed by atoms with E-state index in [4.69, 9.17) is 4.42 Å². The minimum atomic E-state index is -0.607. The monoisotopic (exact) mass is 891 g/mol. The Balaban J connectivity index is 1.12. The number of nitrogens with zero attached hydrogens (tertiary/aromatic N) is 1. The van der Waals surface area contributed by atoms with E-state index in [0.29, 0.717) is 0 Å². The van der Waals surface area contributed by atoms with Crippen LogP contribution in [0.15, 0.2) is 277 Å². The van der Waals surface area contributed by atoms with Crippen LogP contribution in [0.2, 0.25) is 0 Å². The summed E-state index contributed by atoms with van der Waals surface area (Å²) in [6.45, 7) is 0. The van der Waals surface area contributed by atoms with Gasteiger partial charge in [-0.15, -0.1) is 0 Å². The van der Waals surface area contributed by atoms with E-state index in [2.05, 4.69) is 272 Å². The molecule has 1 heterocycles. The van der Waals surface area contributed by atoms with Crippen molar-refractivity contribution in [3.8, 4) is 33.4 Å². The summed E-state index contributed by atoms with van der Waals surface area (Å²) in [5.41, 5.74) is 21.0. The molecule has 0 saturated carbocycles. The van der Waals surface area contributed by atoms with Crippen molar-refractivity contribution in [2.45, 2.75) is 10.8 Å². The molecule has 0 unspecified atom stereocenters. The van der Waals surface area contributed by atoms with Crippen molar-refractivity contribution in [3.63, 3.8) is 0 Å². The van der Waals surface area contributed by atoms with Crippen molar-refractivity contribution in [2.24, 2.45) is 0 Å². The highest BCUT2D eigenvalue weighted by atomic mass is 16.3. The molecule has 14 rings (SSSR count). The zero-order valence-corrected chi connectivity index (χ0v) is 38.3. The Morgan fingerprint density at radius 3 is 1.29 bits per heavy atom. The van der Waals surface area contributed by atoms with Crippen LogP contribution in [-0.2, 0) is 10.8 Å². The number of furan rings is 1. The predicted molar refractivity (Wildman–Crippen MR) is 288 cm³/mol. The maximum Gasteiger partial charge on any atom is 0.135 e. The molecule has 0 radical (unpaired) electrons. The Morgan fingerprint density at radius 1 is 0.271 bits per heavy atom. The molecule has 2 heteroatoms. The third-order valence-electron chi connectivity index (χ3n) is 15.2. The highest BCUT2D eigenvalue weighted by Gasteiger charge is 2.48. The normalized spacial score (nSPS) is 13.7. The van der Waals surface area contributed by atoms with E-state index in [1.165, 1.54) is 66.8 Å². The van der Waals surface area contributed by atoms with Crippen LogP contribution in [0.25, 0.3) is 55.3 Å². The first-order valence-corrected chi connectivity index (χ1v) is 24.2. The first-order chi connectivity index (χ1) is 34.7. The number of anilines is 3. The average Bonchev–Trinajstić information content (AvgIpc) is 4.06. The Hall–Kier alpha value is -8.98. The summed E-state index contributed by atoms with van der Waals surface area (Å²) in [6.07, 6.45) is 0. The molecular weight excluding hydrogens is 847 g/mol. The molecule has 0 atom stereocenters. The largest absolute Gasteiger partial charge is 0.456 e. The second-order valence-electron chi connectivity index (χ2n) is 18.7. The fourth-order valence-electron chi connectivity index (χ4n) is 12.4. The van der Waals surface area contributed by atoms with E-state index in [1.807, 2.05) is 6.07 Å².